The smallest absolute Gasteiger partial charge is 0.269 e. The molecular weight excluding hydrogens is 500 g/mol. The number of fused-ring (bicyclic) bond motifs is 1. The molecule has 1 aromatic heterocycles. The van der Waals surface area contributed by atoms with Crippen LogP contribution < -0.4 is 19.1 Å². The second-order valence-corrected chi connectivity index (χ2v) is 10.9. The Hall–Kier alpha value is -3.96. The molecule has 0 unspecified atom stereocenters. The second-order valence-electron chi connectivity index (χ2n) is 8.06. The zero-order valence-corrected chi connectivity index (χ0v) is 21.0. The van der Waals surface area contributed by atoms with Crippen LogP contribution >= 0.6 is 11.3 Å². The Labute approximate surface area is 212 Å². The minimum absolute atomic E-state index is 0.130. The van der Waals surface area contributed by atoms with Gasteiger partial charge in [-0.3, -0.25) is 14.4 Å². The van der Waals surface area contributed by atoms with Crippen molar-refractivity contribution in [2.24, 2.45) is 0 Å². The number of anilines is 2. The van der Waals surface area contributed by atoms with Crippen LogP contribution in [0, 0.1) is 6.92 Å². The molecule has 0 bridgehead atoms. The Kier molecular flexibility index (Phi) is 6.33. The van der Waals surface area contributed by atoms with Gasteiger partial charge >= 0.3 is 0 Å². The number of rotatable bonds is 6. The van der Waals surface area contributed by atoms with Crippen molar-refractivity contribution in [1.29, 1.82) is 0 Å². The van der Waals surface area contributed by atoms with Crippen LogP contribution in [0.15, 0.2) is 77.7 Å². The molecule has 0 aliphatic carbocycles. The number of hydrogen-bond acceptors (Lipinski definition) is 8. The van der Waals surface area contributed by atoms with E-state index >= 15 is 0 Å². The van der Waals surface area contributed by atoms with Gasteiger partial charge in [-0.15, -0.1) is 10.2 Å². The van der Waals surface area contributed by atoms with Gasteiger partial charge in [0.05, 0.1) is 24.2 Å². The molecule has 1 aliphatic rings. The summed E-state index contributed by atoms with van der Waals surface area (Å²) in [6, 6.07) is 20.6. The molecule has 0 spiro atoms. The van der Waals surface area contributed by atoms with Gasteiger partial charge in [0, 0.05) is 5.56 Å². The van der Waals surface area contributed by atoms with Crippen molar-refractivity contribution >= 4 is 38.1 Å². The van der Waals surface area contributed by atoms with Crippen LogP contribution in [0.1, 0.15) is 5.56 Å². The van der Waals surface area contributed by atoms with Gasteiger partial charge in [0.25, 0.3) is 15.9 Å². The molecule has 0 saturated heterocycles. The third kappa shape index (κ3) is 4.62. The quantitative estimate of drug-likeness (QED) is 0.406. The maximum Gasteiger partial charge on any atom is 0.269 e. The van der Waals surface area contributed by atoms with Crippen molar-refractivity contribution in [2.75, 3.05) is 23.3 Å². The number of aromatic nitrogens is 2. The van der Waals surface area contributed by atoms with Gasteiger partial charge in [-0.2, -0.15) is 0 Å². The summed E-state index contributed by atoms with van der Waals surface area (Å²) in [7, 11) is -2.34. The average molecular weight is 523 g/mol. The van der Waals surface area contributed by atoms with Gasteiger partial charge in [-0.25, -0.2) is 8.42 Å². The van der Waals surface area contributed by atoms with E-state index in [1.54, 1.807) is 43.5 Å². The van der Waals surface area contributed by atoms with Crippen LogP contribution in [0.4, 0.5) is 10.8 Å². The summed E-state index contributed by atoms with van der Waals surface area (Å²) in [4.78, 5) is 13.3. The highest BCUT2D eigenvalue weighted by Gasteiger charge is 2.38. The maximum atomic E-state index is 13.5. The molecule has 5 rings (SSSR count). The minimum Gasteiger partial charge on any atom is -0.497 e. The number of methoxy groups -OCH3 is 1. The normalized spacial score (nSPS) is 15.1. The predicted octanol–water partition coefficient (Wildman–Crippen LogP) is 4.12. The van der Waals surface area contributed by atoms with Gasteiger partial charge in [-0.05, 0) is 61.0 Å². The molecule has 0 fully saturated rings. The number of benzene rings is 3. The van der Waals surface area contributed by atoms with Crippen molar-refractivity contribution in [3.63, 3.8) is 0 Å². The molecular formula is C25H22N4O5S2. The largest absolute Gasteiger partial charge is 0.497 e. The first-order valence-electron chi connectivity index (χ1n) is 11.0. The molecule has 0 radical (unpaired) electrons. The summed E-state index contributed by atoms with van der Waals surface area (Å²) in [5.74, 6) is 0.515. The number of nitrogens with one attached hydrogen (secondary N) is 1. The van der Waals surface area contributed by atoms with Crippen molar-refractivity contribution in [1.82, 2.24) is 10.2 Å². The van der Waals surface area contributed by atoms with E-state index in [0.29, 0.717) is 16.4 Å². The zero-order chi connectivity index (χ0) is 25.3. The van der Waals surface area contributed by atoms with Crippen LogP contribution in [-0.2, 0) is 14.8 Å². The summed E-state index contributed by atoms with van der Waals surface area (Å²) < 4.78 is 39.3. The monoisotopic (exact) mass is 522 g/mol. The van der Waals surface area contributed by atoms with E-state index in [4.69, 9.17) is 9.47 Å². The van der Waals surface area contributed by atoms with Gasteiger partial charge < -0.3 is 9.47 Å². The van der Waals surface area contributed by atoms with Crippen molar-refractivity contribution in [3.05, 3.63) is 78.4 Å². The van der Waals surface area contributed by atoms with E-state index in [-0.39, 0.29) is 16.6 Å². The predicted molar refractivity (Wildman–Crippen MR) is 137 cm³/mol. The van der Waals surface area contributed by atoms with Gasteiger partial charge in [0.15, 0.2) is 6.10 Å². The lowest BCUT2D eigenvalue weighted by atomic mass is 10.1. The Morgan fingerprint density at radius 3 is 2.56 bits per heavy atom. The first kappa shape index (κ1) is 23.8. The Balaban J connectivity index is 1.40. The SMILES string of the molecule is COc1ccc(-c2nnc(NC(=O)[C@H]3CN(S(=O)(=O)c4ccccc4)c4ccc(C)cc4O3)s2)cc1. The molecule has 2 heterocycles. The van der Waals surface area contributed by atoms with Crippen molar-refractivity contribution < 1.29 is 22.7 Å². The topological polar surface area (TPSA) is 111 Å². The van der Waals surface area contributed by atoms with E-state index in [1.165, 1.54) is 27.8 Å². The van der Waals surface area contributed by atoms with Crippen LogP contribution in [0.2, 0.25) is 0 Å². The zero-order valence-electron chi connectivity index (χ0n) is 19.4. The maximum absolute atomic E-state index is 13.5. The molecule has 4 aromatic rings. The first-order valence-corrected chi connectivity index (χ1v) is 13.2. The summed E-state index contributed by atoms with van der Waals surface area (Å²) in [6.07, 6.45) is -1.09. The van der Waals surface area contributed by atoms with Crippen LogP contribution in [0.3, 0.4) is 0 Å². The highest BCUT2D eigenvalue weighted by molar-refractivity contribution is 7.92. The molecule has 9 nitrogen and oxygen atoms in total. The fraction of sp³-hybridized carbons (Fsp3) is 0.160. The van der Waals surface area contributed by atoms with E-state index in [1.807, 2.05) is 31.2 Å². The highest BCUT2D eigenvalue weighted by atomic mass is 32.2. The van der Waals surface area contributed by atoms with Crippen molar-refractivity contribution in [2.45, 2.75) is 17.9 Å². The number of nitrogens with zero attached hydrogens (tertiary/aromatic N) is 3. The molecule has 3 aromatic carbocycles. The molecule has 0 saturated carbocycles. The summed E-state index contributed by atoms with van der Waals surface area (Å²) >= 11 is 1.20. The second kappa shape index (κ2) is 9.59. The molecule has 1 N–H and O–H groups in total. The fourth-order valence-electron chi connectivity index (χ4n) is 3.75. The van der Waals surface area contributed by atoms with Crippen LogP contribution in [0.25, 0.3) is 10.6 Å². The molecule has 1 aliphatic heterocycles. The van der Waals surface area contributed by atoms with Gasteiger partial charge in [0.1, 0.15) is 16.5 Å². The number of carbonyl (C=O) groups is 1. The first-order chi connectivity index (χ1) is 17.3. The number of sulfonamides is 1. The minimum atomic E-state index is -3.93. The molecule has 36 heavy (non-hydrogen) atoms. The standard InChI is InChI=1S/C25H22N4O5S2/c1-16-8-13-20-21(14-16)34-22(15-29(20)36(31,32)19-6-4-3-5-7-19)23(30)26-25-28-27-24(35-25)17-9-11-18(33-2)12-10-17/h3-14,22H,15H2,1-2H3,(H,26,28,30)/t22-/m1/s1. The van der Waals surface area contributed by atoms with Crippen LogP contribution in [-0.4, -0.2) is 44.3 Å². The Morgan fingerprint density at radius 1 is 1.08 bits per heavy atom. The molecule has 1 amide bonds. The number of hydrogen-bond donors (Lipinski definition) is 1. The molecule has 11 heteroatoms. The number of amides is 1. The summed E-state index contributed by atoms with van der Waals surface area (Å²) in [5.41, 5.74) is 2.08. The Morgan fingerprint density at radius 2 is 1.83 bits per heavy atom. The lowest BCUT2D eigenvalue weighted by Crippen LogP contribution is -2.48. The number of aryl methyl sites for hydroxylation is 1. The fourth-order valence-corrected chi connectivity index (χ4v) is 6.00. The third-order valence-electron chi connectivity index (χ3n) is 5.60. The van der Waals surface area contributed by atoms with E-state index in [0.717, 1.165) is 16.9 Å². The van der Waals surface area contributed by atoms with Crippen LogP contribution in [0.5, 0.6) is 11.5 Å². The van der Waals surface area contributed by atoms with Gasteiger partial charge in [-0.1, -0.05) is 35.6 Å². The molecule has 1 atom stereocenters. The van der Waals surface area contributed by atoms with Crippen molar-refractivity contribution in [3.8, 4) is 22.1 Å². The lowest BCUT2D eigenvalue weighted by Gasteiger charge is -2.34. The lowest BCUT2D eigenvalue weighted by molar-refractivity contribution is -0.122. The highest BCUT2D eigenvalue weighted by Crippen LogP contribution is 2.38. The number of ether oxygens (including phenoxy) is 2. The van der Waals surface area contributed by atoms with E-state index < -0.39 is 22.0 Å². The number of carbonyl (C=O) groups excluding carboxylic acids is 1. The Bertz CT molecular complexity index is 1510. The molecule has 184 valence electrons. The van der Waals surface area contributed by atoms with Gasteiger partial charge in [0.2, 0.25) is 5.13 Å². The summed E-state index contributed by atoms with van der Waals surface area (Å²) in [6.45, 7) is 1.68. The average Bonchev–Trinajstić information content (AvgIpc) is 3.36. The van der Waals surface area contributed by atoms with E-state index in [2.05, 4.69) is 15.5 Å². The van der Waals surface area contributed by atoms with E-state index in [9.17, 15) is 13.2 Å². The summed E-state index contributed by atoms with van der Waals surface area (Å²) in [5, 5.41) is 11.8. The third-order valence-corrected chi connectivity index (χ3v) is 8.28.